The zero-order valence-electron chi connectivity index (χ0n) is 14.6. The van der Waals surface area contributed by atoms with E-state index in [2.05, 4.69) is 70.0 Å². The second-order valence-corrected chi connectivity index (χ2v) is 7.13. The minimum atomic E-state index is 0.590. The Labute approximate surface area is 130 Å². The molecule has 1 heterocycles. The Hall–Kier alpha value is -1.02. The van der Waals surface area contributed by atoms with Crippen LogP contribution in [0.1, 0.15) is 45.2 Å². The number of benzene rings is 1. The standard InChI is InChI=1S/C19H32N2/c1-7-14(4)18-12-21(19(11-20-18)13(2)3)17-9-8-15(5)16(6)10-17/h8-10,13-14,18-20H,7,11-12H2,1-6H3. The normalized spacial score (nSPS) is 24.4. The van der Waals surface area contributed by atoms with Gasteiger partial charge in [0.1, 0.15) is 0 Å². The predicted octanol–water partition coefficient (Wildman–Crippen LogP) is 4.15. The van der Waals surface area contributed by atoms with Crippen LogP contribution in [0, 0.1) is 25.7 Å². The van der Waals surface area contributed by atoms with Crippen molar-refractivity contribution in [3.05, 3.63) is 29.3 Å². The van der Waals surface area contributed by atoms with E-state index < -0.39 is 0 Å². The Balaban J connectivity index is 2.26. The summed E-state index contributed by atoms with van der Waals surface area (Å²) < 4.78 is 0. The van der Waals surface area contributed by atoms with E-state index in [1.807, 2.05) is 0 Å². The van der Waals surface area contributed by atoms with E-state index in [1.54, 1.807) is 0 Å². The number of hydrogen-bond acceptors (Lipinski definition) is 2. The van der Waals surface area contributed by atoms with E-state index in [9.17, 15) is 0 Å². The average molecular weight is 288 g/mol. The fourth-order valence-corrected chi connectivity index (χ4v) is 3.26. The van der Waals surface area contributed by atoms with Crippen molar-refractivity contribution in [1.82, 2.24) is 5.32 Å². The monoisotopic (exact) mass is 288 g/mol. The van der Waals surface area contributed by atoms with Crippen molar-refractivity contribution >= 4 is 5.69 Å². The number of rotatable bonds is 4. The van der Waals surface area contributed by atoms with Crippen molar-refractivity contribution in [2.45, 2.75) is 60.0 Å². The van der Waals surface area contributed by atoms with Crippen LogP contribution in [0.5, 0.6) is 0 Å². The molecule has 1 saturated heterocycles. The van der Waals surface area contributed by atoms with Crippen LogP contribution in [0.3, 0.4) is 0 Å². The summed E-state index contributed by atoms with van der Waals surface area (Å²) in [6, 6.07) is 8.13. The molecule has 1 aliphatic heterocycles. The third-order valence-corrected chi connectivity index (χ3v) is 5.31. The van der Waals surface area contributed by atoms with Crippen LogP contribution in [-0.4, -0.2) is 25.2 Å². The number of piperazine rings is 1. The van der Waals surface area contributed by atoms with Gasteiger partial charge < -0.3 is 10.2 Å². The van der Waals surface area contributed by atoms with Gasteiger partial charge in [-0.25, -0.2) is 0 Å². The molecule has 0 aliphatic carbocycles. The molecule has 2 nitrogen and oxygen atoms in total. The van der Waals surface area contributed by atoms with Gasteiger partial charge in [-0.3, -0.25) is 0 Å². The number of aryl methyl sites for hydroxylation is 2. The summed E-state index contributed by atoms with van der Waals surface area (Å²) in [5, 5.41) is 3.79. The first-order valence-corrected chi connectivity index (χ1v) is 8.51. The van der Waals surface area contributed by atoms with Crippen molar-refractivity contribution in [2.75, 3.05) is 18.0 Å². The molecule has 3 unspecified atom stereocenters. The molecule has 1 aromatic rings. The Kier molecular flexibility index (Phi) is 5.32. The van der Waals surface area contributed by atoms with Gasteiger partial charge in [0.25, 0.3) is 0 Å². The van der Waals surface area contributed by atoms with Gasteiger partial charge in [0.05, 0.1) is 0 Å². The molecule has 0 radical (unpaired) electrons. The summed E-state index contributed by atoms with van der Waals surface area (Å²) in [6.07, 6.45) is 1.24. The number of anilines is 1. The molecule has 0 bridgehead atoms. The Morgan fingerprint density at radius 2 is 1.90 bits per heavy atom. The highest BCUT2D eigenvalue weighted by molar-refractivity contribution is 5.52. The summed E-state index contributed by atoms with van der Waals surface area (Å²) in [7, 11) is 0. The third-order valence-electron chi connectivity index (χ3n) is 5.31. The molecule has 2 rings (SSSR count). The number of hydrogen-bond donors (Lipinski definition) is 1. The Morgan fingerprint density at radius 3 is 2.48 bits per heavy atom. The van der Waals surface area contributed by atoms with Gasteiger partial charge in [0.2, 0.25) is 0 Å². The van der Waals surface area contributed by atoms with Crippen molar-refractivity contribution in [3.8, 4) is 0 Å². The van der Waals surface area contributed by atoms with Gasteiger partial charge in [0, 0.05) is 30.9 Å². The molecule has 1 N–H and O–H groups in total. The lowest BCUT2D eigenvalue weighted by Gasteiger charge is -2.45. The van der Waals surface area contributed by atoms with E-state index >= 15 is 0 Å². The predicted molar refractivity (Wildman–Crippen MR) is 93.1 cm³/mol. The molecular formula is C19H32N2. The molecular weight excluding hydrogens is 256 g/mol. The SMILES string of the molecule is CCC(C)C1CN(c2ccc(C)c(C)c2)C(C(C)C)CN1. The van der Waals surface area contributed by atoms with Crippen LogP contribution in [0.2, 0.25) is 0 Å². The van der Waals surface area contributed by atoms with Crippen molar-refractivity contribution < 1.29 is 0 Å². The lowest BCUT2D eigenvalue weighted by molar-refractivity contribution is 0.281. The number of nitrogens with one attached hydrogen (secondary N) is 1. The summed E-state index contributed by atoms with van der Waals surface area (Å²) in [5.41, 5.74) is 4.17. The van der Waals surface area contributed by atoms with Crippen LogP contribution < -0.4 is 10.2 Å². The molecule has 21 heavy (non-hydrogen) atoms. The second kappa shape index (κ2) is 6.83. The highest BCUT2D eigenvalue weighted by Crippen LogP contribution is 2.27. The third kappa shape index (κ3) is 3.60. The number of nitrogens with zero attached hydrogens (tertiary/aromatic N) is 1. The van der Waals surface area contributed by atoms with Crippen LogP contribution >= 0.6 is 0 Å². The molecule has 0 amide bonds. The maximum Gasteiger partial charge on any atom is 0.0438 e. The Morgan fingerprint density at radius 1 is 1.19 bits per heavy atom. The Bertz CT molecular complexity index is 467. The van der Waals surface area contributed by atoms with Gasteiger partial charge >= 0.3 is 0 Å². The zero-order chi connectivity index (χ0) is 15.6. The smallest absolute Gasteiger partial charge is 0.0438 e. The van der Waals surface area contributed by atoms with E-state index in [4.69, 9.17) is 0 Å². The maximum absolute atomic E-state index is 3.79. The fraction of sp³-hybridized carbons (Fsp3) is 0.684. The first-order chi connectivity index (χ1) is 9.93. The average Bonchev–Trinajstić information content (AvgIpc) is 2.48. The quantitative estimate of drug-likeness (QED) is 0.895. The largest absolute Gasteiger partial charge is 0.365 e. The van der Waals surface area contributed by atoms with Gasteiger partial charge in [0.15, 0.2) is 0 Å². The molecule has 0 saturated carbocycles. The minimum absolute atomic E-state index is 0.590. The minimum Gasteiger partial charge on any atom is -0.365 e. The van der Waals surface area contributed by atoms with Crippen LogP contribution in [-0.2, 0) is 0 Å². The van der Waals surface area contributed by atoms with E-state index in [0.717, 1.165) is 19.0 Å². The summed E-state index contributed by atoms with van der Waals surface area (Å²) in [5.74, 6) is 1.39. The van der Waals surface area contributed by atoms with Gasteiger partial charge in [-0.15, -0.1) is 0 Å². The topological polar surface area (TPSA) is 15.3 Å². The van der Waals surface area contributed by atoms with Crippen LogP contribution in [0.4, 0.5) is 5.69 Å². The lowest BCUT2D eigenvalue weighted by atomic mass is 9.91. The molecule has 1 fully saturated rings. The summed E-state index contributed by atoms with van der Waals surface area (Å²) in [6.45, 7) is 16.0. The molecule has 0 spiro atoms. The lowest BCUT2D eigenvalue weighted by Crippen LogP contribution is -2.60. The fourth-order valence-electron chi connectivity index (χ4n) is 3.26. The van der Waals surface area contributed by atoms with E-state index in [0.29, 0.717) is 18.0 Å². The molecule has 0 aromatic heterocycles. The van der Waals surface area contributed by atoms with Crippen molar-refractivity contribution in [3.63, 3.8) is 0 Å². The highest BCUT2D eigenvalue weighted by atomic mass is 15.2. The van der Waals surface area contributed by atoms with Gasteiger partial charge in [-0.05, 0) is 48.9 Å². The first kappa shape index (κ1) is 16.4. The highest BCUT2D eigenvalue weighted by Gasteiger charge is 2.31. The van der Waals surface area contributed by atoms with Crippen molar-refractivity contribution in [2.24, 2.45) is 11.8 Å². The van der Waals surface area contributed by atoms with Crippen LogP contribution in [0.25, 0.3) is 0 Å². The van der Waals surface area contributed by atoms with Crippen LogP contribution in [0.15, 0.2) is 18.2 Å². The van der Waals surface area contributed by atoms with Gasteiger partial charge in [-0.1, -0.05) is 40.2 Å². The van der Waals surface area contributed by atoms with Crippen molar-refractivity contribution in [1.29, 1.82) is 0 Å². The van der Waals surface area contributed by atoms with E-state index in [-0.39, 0.29) is 0 Å². The first-order valence-electron chi connectivity index (χ1n) is 8.51. The maximum atomic E-state index is 3.79. The zero-order valence-corrected chi connectivity index (χ0v) is 14.6. The molecule has 3 atom stereocenters. The molecule has 2 heteroatoms. The summed E-state index contributed by atoms with van der Waals surface area (Å²) >= 11 is 0. The molecule has 1 aliphatic rings. The molecule has 118 valence electrons. The second-order valence-electron chi connectivity index (χ2n) is 7.13. The van der Waals surface area contributed by atoms with Gasteiger partial charge in [-0.2, -0.15) is 0 Å². The molecule has 1 aromatic carbocycles. The van der Waals surface area contributed by atoms with E-state index in [1.165, 1.54) is 23.2 Å². The summed E-state index contributed by atoms with van der Waals surface area (Å²) in [4.78, 5) is 2.64.